The molecule has 0 amide bonds. The Bertz CT molecular complexity index is 460. The number of halogens is 4. The molecule has 0 radical (unpaired) electrons. The van der Waals surface area contributed by atoms with Crippen molar-refractivity contribution in [2.45, 2.75) is 12.8 Å². The average Bonchev–Trinajstić information content (AvgIpc) is 2.35. The zero-order valence-electron chi connectivity index (χ0n) is 10.7. The monoisotopic (exact) mass is 369 g/mol. The minimum atomic E-state index is -2.49. The first kappa shape index (κ1) is 17.5. The largest absolute Gasteiger partial charge is 0.395 e. The molecule has 0 aliphatic rings. The number of aliphatic hydroxyl groups is 1. The Morgan fingerprint density at radius 3 is 2.65 bits per heavy atom. The van der Waals surface area contributed by atoms with Gasteiger partial charge in [-0.05, 0) is 18.2 Å². The normalized spacial score (nSPS) is 11.3. The van der Waals surface area contributed by atoms with E-state index in [9.17, 15) is 13.6 Å². The number of carbonyl (C=O) groups is 1. The molecule has 112 valence electrons. The molecule has 0 saturated carbocycles. The summed E-state index contributed by atoms with van der Waals surface area (Å²) in [6.45, 7) is -0.399. The third kappa shape index (κ3) is 5.83. The molecule has 1 aromatic rings. The van der Waals surface area contributed by atoms with Gasteiger partial charge in [0.05, 0.1) is 18.2 Å². The van der Waals surface area contributed by atoms with E-state index in [1.54, 1.807) is 18.2 Å². The van der Waals surface area contributed by atoms with Crippen molar-refractivity contribution in [3.63, 3.8) is 0 Å². The molecule has 0 aliphatic heterocycles. The topological polar surface area (TPSA) is 40.5 Å². The van der Waals surface area contributed by atoms with Crippen molar-refractivity contribution in [3.05, 3.63) is 33.3 Å². The Morgan fingerprint density at radius 1 is 1.40 bits per heavy atom. The third-order valence-corrected chi connectivity index (χ3v) is 3.51. The van der Waals surface area contributed by atoms with Gasteiger partial charge in [0.15, 0.2) is 5.78 Å². The zero-order chi connectivity index (χ0) is 15.1. The van der Waals surface area contributed by atoms with Gasteiger partial charge in [0.2, 0.25) is 0 Å². The van der Waals surface area contributed by atoms with Gasteiger partial charge in [0, 0.05) is 29.5 Å². The van der Waals surface area contributed by atoms with E-state index >= 15 is 0 Å². The van der Waals surface area contributed by atoms with Crippen molar-refractivity contribution in [1.29, 1.82) is 0 Å². The van der Waals surface area contributed by atoms with Gasteiger partial charge in [-0.2, -0.15) is 0 Å². The summed E-state index contributed by atoms with van der Waals surface area (Å²) in [5, 5.41) is 9.13. The Kier molecular flexibility index (Phi) is 7.58. The van der Waals surface area contributed by atoms with Crippen LogP contribution in [0, 0.1) is 0 Å². The van der Waals surface area contributed by atoms with E-state index in [2.05, 4.69) is 15.9 Å². The second kappa shape index (κ2) is 8.67. The van der Waals surface area contributed by atoms with Crippen LogP contribution in [0.1, 0.15) is 16.8 Å². The summed E-state index contributed by atoms with van der Waals surface area (Å²) in [4.78, 5) is 13.4. The van der Waals surface area contributed by atoms with Crippen molar-refractivity contribution in [1.82, 2.24) is 4.90 Å². The van der Waals surface area contributed by atoms with Gasteiger partial charge in [-0.25, -0.2) is 8.78 Å². The molecule has 3 nitrogen and oxygen atoms in total. The van der Waals surface area contributed by atoms with Crippen LogP contribution in [0.2, 0.25) is 5.02 Å². The maximum atomic E-state index is 12.3. The van der Waals surface area contributed by atoms with E-state index in [-0.39, 0.29) is 31.9 Å². The van der Waals surface area contributed by atoms with Crippen LogP contribution in [0.5, 0.6) is 0 Å². The number of rotatable bonds is 8. The molecule has 1 rings (SSSR count). The molecular formula is C13H15BrClF2NO2. The molecule has 0 fully saturated rings. The summed E-state index contributed by atoms with van der Waals surface area (Å²) in [7, 11) is 0. The van der Waals surface area contributed by atoms with Crippen molar-refractivity contribution in [3.8, 4) is 0 Å². The van der Waals surface area contributed by atoms with Gasteiger partial charge >= 0.3 is 0 Å². The number of hydrogen-bond donors (Lipinski definition) is 1. The Hall–Kier alpha value is -0.560. The van der Waals surface area contributed by atoms with Crippen molar-refractivity contribution in [2.24, 2.45) is 0 Å². The minimum absolute atomic E-state index is 0.0775. The first-order valence-electron chi connectivity index (χ1n) is 6.03. The molecule has 0 heterocycles. The van der Waals surface area contributed by atoms with Crippen LogP contribution in [0.4, 0.5) is 8.78 Å². The zero-order valence-corrected chi connectivity index (χ0v) is 13.0. The minimum Gasteiger partial charge on any atom is -0.395 e. The Balaban J connectivity index is 2.60. The molecule has 20 heavy (non-hydrogen) atoms. The van der Waals surface area contributed by atoms with Gasteiger partial charge in [-0.3, -0.25) is 9.69 Å². The first-order chi connectivity index (χ1) is 9.43. The highest BCUT2D eigenvalue weighted by molar-refractivity contribution is 9.10. The standard InChI is InChI=1S/C13H15BrClF2NO2/c14-9-1-2-10(11(15)7-9)12(20)3-4-18(5-6-19)8-13(16)17/h1-2,7,13,19H,3-6,8H2. The number of carbonyl (C=O) groups excluding carboxylic acids is 1. The quantitative estimate of drug-likeness (QED) is 0.714. The van der Waals surface area contributed by atoms with Crippen LogP contribution in [0.3, 0.4) is 0 Å². The lowest BCUT2D eigenvalue weighted by Crippen LogP contribution is -2.33. The lowest BCUT2D eigenvalue weighted by Gasteiger charge is -2.20. The highest BCUT2D eigenvalue weighted by Gasteiger charge is 2.15. The van der Waals surface area contributed by atoms with E-state index in [4.69, 9.17) is 16.7 Å². The number of aliphatic hydroxyl groups excluding tert-OH is 1. The van der Waals surface area contributed by atoms with Gasteiger partial charge in [-0.1, -0.05) is 27.5 Å². The van der Waals surface area contributed by atoms with E-state index < -0.39 is 13.0 Å². The maximum Gasteiger partial charge on any atom is 0.251 e. The number of benzene rings is 1. The number of hydrogen-bond acceptors (Lipinski definition) is 3. The average molecular weight is 371 g/mol. The summed E-state index contributed by atoms with van der Waals surface area (Å²) >= 11 is 9.20. The number of Topliss-reactive ketones (excluding diaryl/α,β-unsaturated/α-hetero) is 1. The van der Waals surface area contributed by atoms with E-state index in [1.807, 2.05) is 0 Å². The second-order valence-corrected chi connectivity index (χ2v) is 5.54. The van der Waals surface area contributed by atoms with E-state index in [0.29, 0.717) is 10.6 Å². The smallest absolute Gasteiger partial charge is 0.251 e. The number of alkyl halides is 2. The molecule has 0 aliphatic carbocycles. The lowest BCUT2D eigenvalue weighted by atomic mass is 10.1. The molecule has 0 aromatic heterocycles. The summed E-state index contributed by atoms with van der Waals surface area (Å²) in [5.41, 5.74) is 0.371. The molecular weight excluding hydrogens is 356 g/mol. The highest BCUT2D eigenvalue weighted by Crippen LogP contribution is 2.22. The number of nitrogens with zero attached hydrogens (tertiary/aromatic N) is 1. The van der Waals surface area contributed by atoms with Gasteiger partial charge in [0.25, 0.3) is 6.43 Å². The van der Waals surface area contributed by atoms with Gasteiger partial charge < -0.3 is 5.11 Å². The fourth-order valence-corrected chi connectivity index (χ4v) is 2.52. The summed E-state index contributed by atoms with van der Waals surface area (Å²) in [6.07, 6.45) is -2.42. The molecule has 0 spiro atoms. The predicted molar refractivity (Wildman–Crippen MR) is 77.6 cm³/mol. The summed E-state index contributed by atoms with van der Waals surface area (Å²) in [5.74, 6) is -0.209. The molecule has 1 N–H and O–H groups in total. The second-order valence-electron chi connectivity index (χ2n) is 4.21. The van der Waals surface area contributed by atoms with Gasteiger partial charge in [-0.15, -0.1) is 0 Å². The number of ketones is 1. The molecule has 0 atom stereocenters. The summed E-state index contributed by atoms with van der Waals surface area (Å²) in [6, 6.07) is 4.90. The summed E-state index contributed by atoms with van der Waals surface area (Å²) < 4.78 is 25.4. The SMILES string of the molecule is O=C(CCN(CCO)CC(F)F)c1ccc(Br)cc1Cl. The highest BCUT2D eigenvalue weighted by atomic mass is 79.9. The lowest BCUT2D eigenvalue weighted by molar-refractivity contribution is 0.0732. The predicted octanol–water partition coefficient (Wildman–Crippen LogP) is 3.23. The van der Waals surface area contributed by atoms with Crippen LogP contribution in [-0.4, -0.2) is 48.5 Å². The van der Waals surface area contributed by atoms with E-state index in [1.165, 1.54) is 4.90 Å². The fraction of sp³-hybridized carbons (Fsp3) is 0.462. The van der Waals surface area contributed by atoms with Crippen molar-refractivity contribution >= 4 is 33.3 Å². The van der Waals surface area contributed by atoms with Crippen molar-refractivity contribution in [2.75, 3.05) is 26.2 Å². The van der Waals surface area contributed by atoms with Crippen LogP contribution in [0.25, 0.3) is 0 Å². The van der Waals surface area contributed by atoms with Gasteiger partial charge in [0.1, 0.15) is 0 Å². The molecule has 1 aromatic carbocycles. The molecule has 0 unspecified atom stereocenters. The first-order valence-corrected chi connectivity index (χ1v) is 7.20. The Labute approximate surface area is 129 Å². The van der Waals surface area contributed by atoms with Crippen LogP contribution < -0.4 is 0 Å². The molecule has 7 heteroatoms. The van der Waals surface area contributed by atoms with Crippen molar-refractivity contribution < 1.29 is 18.7 Å². The van der Waals surface area contributed by atoms with Crippen LogP contribution in [-0.2, 0) is 0 Å². The Morgan fingerprint density at radius 2 is 2.10 bits per heavy atom. The van der Waals surface area contributed by atoms with E-state index in [0.717, 1.165) is 4.47 Å². The third-order valence-electron chi connectivity index (χ3n) is 2.70. The van der Waals surface area contributed by atoms with Crippen LogP contribution in [0.15, 0.2) is 22.7 Å². The maximum absolute atomic E-state index is 12.3. The van der Waals surface area contributed by atoms with Crippen LogP contribution >= 0.6 is 27.5 Å². The molecule has 0 saturated heterocycles. The molecule has 0 bridgehead atoms. The fourth-order valence-electron chi connectivity index (χ4n) is 1.74.